The van der Waals surface area contributed by atoms with Crippen molar-refractivity contribution in [1.29, 1.82) is 0 Å². The van der Waals surface area contributed by atoms with Crippen LogP contribution in [0.15, 0.2) is 18.2 Å². The van der Waals surface area contributed by atoms with Crippen LogP contribution in [-0.2, 0) is 12.8 Å². The molecular weight excluding hydrogens is 370 g/mol. The maximum absolute atomic E-state index is 12.9. The molecule has 0 atom stereocenters. The standard InChI is InChI=1S/C19H26ClN3O2S/c1-19(2,12-24)18(25)23-14(3-4-15-5-6-17(20)26-15)11-16(22-23)13-7-9-21-10-8-13/h5-6,11,13,21,24H,3-4,7-10,12H2,1-2H3. The lowest BCUT2D eigenvalue weighted by Gasteiger charge is -2.21. The number of aryl methyl sites for hydroxylation is 2. The molecule has 0 unspecified atom stereocenters. The second kappa shape index (κ2) is 8.21. The number of aliphatic hydroxyl groups excluding tert-OH is 1. The minimum absolute atomic E-state index is 0.153. The lowest BCUT2D eigenvalue weighted by atomic mass is 9.93. The SMILES string of the molecule is CC(C)(CO)C(=O)n1nc(C2CCNCC2)cc1CCc1ccc(Cl)s1. The number of nitrogens with zero attached hydrogens (tertiary/aromatic N) is 2. The van der Waals surface area contributed by atoms with Crippen molar-refractivity contribution in [3.8, 4) is 0 Å². The van der Waals surface area contributed by atoms with Gasteiger partial charge in [0.05, 0.1) is 22.1 Å². The first-order valence-electron chi connectivity index (χ1n) is 9.10. The van der Waals surface area contributed by atoms with Gasteiger partial charge in [0.2, 0.25) is 0 Å². The average Bonchev–Trinajstić information content (AvgIpc) is 3.26. The molecular formula is C19H26ClN3O2S. The van der Waals surface area contributed by atoms with Crippen molar-refractivity contribution in [2.24, 2.45) is 5.41 Å². The molecule has 0 aliphatic carbocycles. The van der Waals surface area contributed by atoms with Crippen molar-refractivity contribution in [3.05, 3.63) is 38.8 Å². The smallest absolute Gasteiger partial charge is 0.255 e. The first-order chi connectivity index (χ1) is 12.4. The van der Waals surface area contributed by atoms with Gasteiger partial charge in [-0.15, -0.1) is 11.3 Å². The number of hydrogen-bond acceptors (Lipinski definition) is 5. The molecule has 142 valence electrons. The Morgan fingerprint density at radius 3 is 2.73 bits per heavy atom. The van der Waals surface area contributed by atoms with E-state index >= 15 is 0 Å². The van der Waals surface area contributed by atoms with E-state index in [2.05, 4.69) is 16.5 Å². The van der Waals surface area contributed by atoms with Gasteiger partial charge in [-0.3, -0.25) is 4.79 Å². The van der Waals surface area contributed by atoms with E-state index in [1.54, 1.807) is 25.2 Å². The number of halogens is 1. The van der Waals surface area contributed by atoms with Crippen molar-refractivity contribution in [2.75, 3.05) is 19.7 Å². The highest BCUT2D eigenvalue weighted by Gasteiger charge is 2.31. The number of nitrogens with one attached hydrogen (secondary N) is 1. The Kier molecular flexibility index (Phi) is 6.17. The number of carbonyl (C=O) groups is 1. The van der Waals surface area contributed by atoms with Gasteiger partial charge in [0.1, 0.15) is 0 Å². The average molecular weight is 396 g/mol. The molecule has 2 aromatic heterocycles. The molecule has 0 amide bonds. The van der Waals surface area contributed by atoms with Crippen LogP contribution in [0.4, 0.5) is 0 Å². The molecule has 2 aromatic rings. The van der Waals surface area contributed by atoms with E-state index in [0.717, 1.165) is 54.5 Å². The molecule has 1 fully saturated rings. The molecule has 2 N–H and O–H groups in total. The van der Waals surface area contributed by atoms with Crippen molar-refractivity contribution >= 4 is 28.8 Å². The monoisotopic (exact) mass is 395 g/mol. The van der Waals surface area contributed by atoms with Crippen LogP contribution in [-0.4, -0.2) is 40.5 Å². The summed E-state index contributed by atoms with van der Waals surface area (Å²) in [6, 6.07) is 6.01. The quantitative estimate of drug-likeness (QED) is 0.785. The van der Waals surface area contributed by atoms with Gasteiger partial charge < -0.3 is 10.4 Å². The van der Waals surface area contributed by atoms with E-state index < -0.39 is 5.41 Å². The fourth-order valence-electron chi connectivity index (χ4n) is 3.20. The summed E-state index contributed by atoms with van der Waals surface area (Å²) in [4.78, 5) is 14.1. The summed E-state index contributed by atoms with van der Waals surface area (Å²) >= 11 is 7.59. The largest absolute Gasteiger partial charge is 0.395 e. The van der Waals surface area contributed by atoms with E-state index in [9.17, 15) is 9.90 Å². The number of rotatable bonds is 6. The Morgan fingerprint density at radius 1 is 1.38 bits per heavy atom. The lowest BCUT2D eigenvalue weighted by molar-refractivity contribution is 0.0608. The van der Waals surface area contributed by atoms with E-state index in [0.29, 0.717) is 5.92 Å². The first-order valence-corrected chi connectivity index (χ1v) is 10.3. The predicted octanol–water partition coefficient (Wildman–Crippen LogP) is 3.51. The van der Waals surface area contributed by atoms with Crippen LogP contribution in [0.25, 0.3) is 0 Å². The lowest BCUT2D eigenvalue weighted by Crippen LogP contribution is -2.35. The normalized spacial score (nSPS) is 16.2. The third-order valence-electron chi connectivity index (χ3n) is 4.98. The zero-order chi connectivity index (χ0) is 18.7. The summed E-state index contributed by atoms with van der Waals surface area (Å²) < 4.78 is 2.31. The summed E-state index contributed by atoms with van der Waals surface area (Å²) in [6.45, 7) is 5.27. The molecule has 7 heteroatoms. The predicted molar refractivity (Wildman–Crippen MR) is 105 cm³/mol. The first kappa shape index (κ1) is 19.5. The molecule has 1 aliphatic rings. The minimum atomic E-state index is -0.849. The number of hydrogen-bond donors (Lipinski definition) is 2. The number of aliphatic hydroxyl groups is 1. The minimum Gasteiger partial charge on any atom is -0.395 e. The van der Waals surface area contributed by atoms with Crippen LogP contribution in [0.1, 0.15) is 53.7 Å². The van der Waals surface area contributed by atoms with Gasteiger partial charge in [-0.25, -0.2) is 4.68 Å². The Balaban J connectivity index is 1.86. The molecule has 5 nitrogen and oxygen atoms in total. The summed E-state index contributed by atoms with van der Waals surface area (Å²) in [5.74, 6) is 0.233. The zero-order valence-electron chi connectivity index (χ0n) is 15.3. The van der Waals surface area contributed by atoms with E-state index in [1.165, 1.54) is 9.56 Å². The van der Waals surface area contributed by atoms with Crippen LogP contribution in [0.2, 0.25) is 4.34 Å². The fourth-order valence-corrected chi connectivity index (χ4v) is 4.29. The van der Waals surface area contributed by atoms with Gasteiger partial charge in [0, 0.05) is 16.5 Å². The second-order valence-electron chi connectivity index (χ2n) is 7.55. The molecule has 0 spiro atoms. The van der Waals surface area contributed by atoms with Crippen LogP contribution in [0.3, 0.4) is 0 Å². The van der Waals surface area contributed by atoms with Crippen molar-refractivity contribution in [2.45, 2.75) is 45.4 Å². The van der Waals surface area contributed by atoms with Crippen molar-refractivity contribution in [1.82, 2.24) is 15.1 Å². The van der Waals surface area contributed by atoms with Gasteiger partial charge in [-0.05, 0) is 70.8 Å². The number of piperidine rings is 1. The van der Waals surface area contributed by atoms with Crippen LogP contribution in [0, 0.1) is 5.41 Å². The summed E-state index contributed by atoms with van der Waals surface area (Å²) in [5, 5.41) is 17.6. The zero-order valence-corrected chi connectivity index (χ0v) is 16.9. The molecule has 1 saturated heterocycles. The summed E-state index contributed by atoms with van der Waals surface area (Å²) in [5.41, 5.74) is 1.06. The van der Waals surface area contributed by atoms with Crippen molar-refractivity contribution in [3.63, 3.8) is 0 Å². The third kappa shape index (κ3) is 4.36. The topological polar surface area (TPSA) is 67.1 Å². The van der Waals surface area contributed by atoms with E-state index in [4.69, 9.17) is 11.6 Å². The highest BCUT2D eigenvalue weighted by Crippen LogP contribution is 2.28. The van der Waals surface area contributed by atoms with Gasteiger partial charge in [-0.2, -0.15) is 5.10 Å². The molecule has 0 bridgehead atoms. The van der Waals surface area contributed by atoms with Gasteiger partial charge in [0.25, 0.3) is 5.91 Å². The van der Waals surface area contributed by atoms with Crippen LogP contribution >= 0.6 is 22.9 Å². The molecule has 3 rings (SSSR count). The maximum atomic E-state index is 12.9. The number of carbonyl (C=O) groups excluding carboxylic acids is 1. The van der Waals surface area contributed by atoms with Gasteiger partial charge >= 0.3 is 0 Å². The summed E-state index contributed by atoms with van der Waals surface area (Å²) in [7, 11) is 0. The second-order valence-corrected chi connectivity index (χ2v) is 9.35. The Morgan fingerprint density at radius 2 is 2.12 bits per heavy atom. The molecule has 0 radical (unpaired) electrons. The Hall–Kier alpha value is -1.21. The third-order valence-corrected chi connectivity index (χ3v) is 6.27. The van der Waals surface area contributed by atoms with Crippen LogP contribution in [0.5, 0.6) is 0 Å². The van der Waals surface area contributed by atoms with E-state index in [1.807, 2.05) is 12.1 Å². The van der Waals surface area contributed by atoms with Crippen molar-refractivity contribution < 1.29 is 9.90 Å². The number of aromatic nitrogens is 2. The molecule has 0 saturated carbocycles. The van der Waals surface area contributed by atoms with Gasteiger partial charge in [0.15, 0.2) is 0 Å². The number of thiophene rings is 1. The molecule has 0 aromatic carbocycles. The maximum Gasteiger partial charge on any atom is 0.255 e. The molecule has 1 aliphatic heterocycles. The summed E-state index contributed by atoms with van der Waals surface area (Å²) in [6.07, 6.45) is 3.62. The fraction of sp³-hybridized carbons (Fsp3) is 0.579. The highest BCUT2D eigenvalue weighted by molar-refractivity contribution is 7.16. The van der Waals surface area contributed by atoms with Gasteiger partial charge in [-0.1, -0.05) is 11.6 Å². The Labute approximate surface area is 163 Å². The Bertz CT molecular complexity index is 763. The molecule has 3 heterocycles. The van der Waals surface area contributed by atoms with Crippen LogP contribution < -0.4 is 5.32 Å². The highest BCUT2D eigenvalue weighted by atomic mass is 35.5. The molecule has 26 heavy (non-hydrogen) atoms. The van der Waals surface area contributed by atoms with E-state index in [-0.39, 0.29) is 12.5 Å².